The molecule has 0 atom stereocenters. The minimum atomic E-state index is -0.220. The first kappa shape index (κ1) is 13.0. The summed E-state index contributed by atoms with van der Waals surface area (Å²) < 4.78 is 13.5. The summed E-state index contributed by atoms with van der Waals surface area (Å²) in [6.07, 6.45) is 0. The van der Waals surface area contributed by atoms with Crippen LogP contribution in [0, 0.1) is 5.82 Å². The maximum atomic E-state index is 12.9. The highest BCUT2D eigenvalue weighted by Crippen LogP contribution is 2.21. The highest BCUT2D eigenvalue weighted by molar-refractivity contribution is 9.10. The third-order valence-electron chi connectivity index (χ3n) is 1.73. The van der Waals surface area contributed by atoms with Gasteiger partial charge in [-0.05, 0) is 47.5 Å². The summed E-state index contributed by atoms with van der Waals surface area (Å²) >= 11 is 4.93. The van der Waals surface area contributed by atoms with Crippen molar-refractivity contribution in [1.29, 1.82) is 0 Å². The largest absolute Gasteiger partial charge is 0.325 e. The molecule has 15 heavy (non-hydrogen) atoms. The van der Waals surface area contributed by atoms with Crippen molar-refractivity contribution in [3.05, 3.63) is 34.1 Å². The molecule has 1 aromatic rings. The van der Waals surface area contributed by atoms with Gasteiger partial charge in [0.05, 0.1) is 4.47 Å². The fourth-order valence-electron chi connectivity index (χ4n) is 1.06. The van der Waals surface area contributed by atoms with Gasteiger partial charge < -0.3 is 5.73 Å². The SMILES string of the molecule is CC(C)(N)CSCc1ccc(F)c(Br)c1. The molecule has 0 fully saturated rings. The summed E-state index contributed by atoms with van der Waals surface area (Å²) in [4.78, 5) is 0. The molecule has 0 aliphatic rings. The number of rotatable bonds is 4. The van der Waals surface area contributed by atoms with Crippen molar-refractivity contribution in [2.45, 2.75) is 25.1 Å². The van der Waals surface area contributed by atoms with Gasteiger partial charge in [-0.2, -0.15) is 11.8 Å². The monoisotopic (exact) mass is 291 g/mol. The smallest absolute Gasteiger partial charge is 0.137 e. The highest BCUT2D eigenvalue weighted by atomic mass is 79.9. The summed E-state index contributed by atoms with van der Waals surface area (Å²) in [7, 11) is 0. The molecule has 0 heterocycles. The summed E-state index contributed by atoms with van der Waals surface area (Å²) in [5, 5.41) is 0. The van der Waals surface area contributed by atoms with Crippen molar-refractivity contribution in [1.82, 2.24) is 0 Å². The van der Waals surface area contributed by atoms with Gasteiger partial charge in [-0.1, -0.05) is 6.07 Å². The predicted octanol–water partition coefficient (Wildman–Crippen LogP) is 3.56. The van der Waals surface area contributed by atoms with Gasteiger partial charge in [-0.15, -0.1) is 0 Å². The molecule has 0 unspecified atom stereocenters. The molecule has 1 aromatic carbocycles. The van der Waals surface area contributed by atoms with Crippen molar-refractivity contribution >= 4 is 27.7 Å². The fraction of sp³-hybridized carbons (Fsp3) is 0.455. The van der Waals surface area contributed by atoms with E-state index in [2.05, 4.69) is 15.9 Å². The van der Waals surface area contributed by atoms with Gasteiger partial charge in [-0.25, -0.2) is 4.39 Å². The zero-order chi connectivity index (χ0) is 11.5. The van der Waals surface area contributed by atoms with Crippen LogP contribution in [0.25, 0.3) is 0 Å². The molecule has 0 spiro atoms. The lowest BCUT2D eigenvalue weighted by molar-refractivity contribution is 0.591. The maximum Gasteiger partial charge on any atom is 0.137 e. The molecule has 0 aliphatic heterocycles. The van der Waals surface area contributed by atoms with E-state index in [1.807, 2.05) is 19.9 Å². The summed E-state index contributed by atoms with van der Waals surface area (Å²) in [5.74, 6) is 1.53. The van der Waals surface area contributed by atoms with Gasteiger partial charge in [0.15, 0.2) is 0 Å². The van der Waals surface area contributed by atoms with Gasteiger partial charge in [0, 0.05) is 17.0 Å². The third kappa shape index (κ3) is 5.00. The van der Waals surface area contributed by atoms with Gasteiger partial charge in [0.1, 0.15) is 5.82 Å². The molecule has 0 saturated carbocycles. The normalized spacial score (nSPS) is 11.8. The molecule has 0 amide bonds. The van der Waals surface area contributed by atoms with Crippen LogP contribution in [-0.4, -0.2) is 11.3 Å². The standard InChI is InChI=1S/C11H15BrFNS/c1-11(2,14)7-15-6-8-3-4-10(13)9(12)5-8/h3-5H,6-7,14H2,1-2H3. The molecule has 0 saturated heterocycles. The second kappa shape index (κ2) is 5.32. The Balaban J connectivity index is 2.48. The predicted molar refractivity (Wildman–Crippen MR) is 68.5 cm³/mol. The van der Waals surface area contributed by atoms with Gasteiger partial charge >= 0.3 is 0 Å². The van der Waals surface area contributed by atoms with Crippen LogP contribution in [-0.2, 0) is 5.75 Å². The van der Waals surface area contributed by atoms with Crippen molar-refractivity contribution in [3.8, 4) is 0 Å². The highest BCUT2D eigenvalue weighted by Gasteiger charge is 2.10. The lowest BCUT2D eigenvalue weighted by Gasteiger charge is -2.17. The topological polar surface area (TPSA) is 26.0 Å². The second-order valence-electron chi connectivity index (χ2n) is 4.23. The number of benzene rings is 1. The van der Waals surface area contributed by atoms with Crippen molar-refractivity contribution in [2.24, 2.45) is 5.73 Å². The quantitative estimate of drug-likeness (QED) is 0.918. The molecule has 0 radical (unpaired) electrons. The summed E-state index contributed by atoms with van der Waals surface area (Å²) in [6, 6.07) is 5.09. The van der Waals surface area contributed by atoms with E-state index in [-0.39, 0.29) is 11.4 Å². The van der Waals surface area contributed by atoms with Gasteiger partial charge in [0.25, 0.3) is 0 Å². The summed E-state index contributed by atoms with van der Waals surface area (Å²) in [5.41, 5.74) is 6.82. The van der Waals surface area contributed by atoms with E-state index in [0.717, 1.165) is 17.1 Å². The van der Waals surface area contributed by atoms with Gasteiger partial charge in [-0.3, -0.25) is 0 Å². The van der Waals surface area contributed by atoms with Crippen LogP contribution in [0.4, 0.5) is 4.39 Å². The van der Waals surface area contributed by atoms with Crippen molar-refractivity contribution in [3.63, 3.8) is 0 Å². The van der Waals surface area contributed by atoms with Crippen LogP contribution < -0.4 is 5.73 Å². The molecular weight excluding hydrogens is 277 g/mol. The average Bonchev–Trinajstić information content (AvgIpc) is 2.09. The lowest BCUT2D eigenvalue weighted by Crippen LogP contribution is -2.34. The van der Waals surface area contributed by atoms with E-state index in [1.165, 1.54) is 6.07 Å². The number of halogens is 2. The first-order valence-corrected chi connectivity index (χ1v) is 6.64. The molecule has 0 aromatic heterocycles. The van der Waals surface area contributed by atoms with E-state index in [1.54, 1.807) is 17.8 Å². The molecule has 0 bridgehead atoms. The molecule has 0 aliphatic carbocycles. The van der Waals surface area contributed by atoms with E-state index in [0.29, 0.717) is 4.47 Å². The third-order valence-corrected chi connectivity index (χ3v) is 3.82. The van der Waals surface area contributed by atoms with E-state index in [9.17, 15) is 4.39 Å². The molecule has 2 N–H and O–H groups in total. The fourth-order valence-corrected chi connectivity index (χ4v) is 2.53. The Kier molecular flexibility index (Phi) is 4.62. The number of hydrogen-bond acceptors (Lipinski definition) is 2. The van der Waals surface area contributed by atoms with Crippen LogP contribution >= 0.6 is 27.7 Å². The second-order valence-corrected chi connectivity index (χ2v) is 6.07. The summed E-state index contributed by atoms with van der Waals surface area (Å²) in [6.45, 7) is 4.00. The van der Waals surface area contributed by atoms with Crippen LogP contribution in [0.15, 0.2) is 22.7 Å². The number of nitrogens with two attached hydrogens (primary N) is 1. The van der Waals surface area contributed by atoms with Crippen LogP contribution in [0.5, 0.6) is 0 Å². The van der Waals surface area contributed by atoms with E-state index >= 15 is 0 Å². The van der Waals surface area contributed by atoms with Crippen LogP contribution in [0.3, 0.4) is 0 Å². The minimum absolute atomic E-state index is 0.151. The molecular formula is C11H15BrFNS. The van der Waals surface area contributed by atoms with Crippen LogP contribution in [0.2, 0.25) is 0 Å². The Morgan fingerprint density at radius 2 is 2.13 bits per heavy atom. The lowest BCUT2D eigenvalue weighted by atomic mass is 10.1. The Bertz CT molecular complexity index is 336. The van der Waals surface area contributed by atoms with Crippen molar-refractivity contribution in [2.75, 3.05) is 5.75 Å². The average molecular weight is 292 g/mol. The minimum Gasteiger partial charge on any atom is -0.325 e. The van der Waals surface area contributed by atoms with Gasteiger partial charge in [0.2, 0.25) is 0 Å². The maximum absolute atomic E-state index is 12.9. The van der Waals surface area contributed by atoms with E-state index in [4.69, 9.17) is 5.73 Å². The Hall–Kier alpha value is -0.0600. The first-order valence-electron chi connectivity index (χ1n) is 4.69. The number of thioether (sulfide) groups is 1. The Morgan fingerprint density at radius 1 is 1.47 bits per heavy atom. The first-order chi connectivity index (χ1) is 6.88. The van der Waals surface area contributed by atoms with Crippen molar-refractivity contribution < 1.29 is 4.39 Å². The molecule has 84 valence electrons. The molecule has 1 nitrogen and oxygen atoms in total. The number of hydrogen-bond donors (Lipinski definition) is 1. The molecule has 1 rings (SSSR count). The zero-order valence-corrected chi connectivity index (χ0v) is 11.3. The zero-order valence-electron chi connectivity index (χ0n) is 8.89. The van der Waals surface area contributed by atoms with E-state index < -0.39 is 0 Å². The Labute approximate surface area is 103 Å². The Morgan fingerprint density at radius 3 is 2.67 bits per heavy atom. The van der Waals surface area contributed by atoms with Crippen LogP contribution in [0.1, 0.15) is 19.4 Å². The molecule has 4 heteroatoms.